The smallest absolute Gasteiger partial charge is 0.387 e. The number of rotatable bonds is 7. The third kappa shape index (κ3) is 5.99. The zero-order valence-corrected chi connectivity index (χ0v) is 17.2. The molecule has 0 amide bonds. The molecule has 162 valence electrons. The van der Waals surface area contributed by atoms with Crippen molar-refractivity contribution in [1.82, 2.24) is 0 Å². The summed E-state index contributed by atoms with van der Waals surface area (Å²) in [5.74, 6) is -0.678. The van der Waals surface area contributed by atoms with E-state index in [1.807, 2.05) is 0 Å². The van der Waals surface area contributed by atoms with E-state index in [-0.39, 0.29) is 5.92 Å². The Morgan fingerprint density at radius 3 is 1.97 bits per heavy atom. The molecule has 0 saturated heterocycles. The molecule has 0 heterocycles. The van der Waals surface area contributed by atoms with Crippen molar-refractivity contribution in [2.45, 2.75) is 83.7 Å². The first-order valence-electron chi connectivity index (χ1n) is 11.1. The SMILES string of the molecule is CC/C=C/CC1CCC(C2CCC(c3cc(F)c(OC(F)F)c(F)c3)CC2)CC1. The van der Waals surface area contributed by atoms with Gasteiger partial charge in [-0.3, -0.25) is 0 Å². The first kappa shape index (κ1) is 22.2. The molecular formula is C24H32F4O. The second-order valence-electron chi connectivity index (χ2n) is 8.70. The molecule has 1 aromatic carbocycles. The third-order valence-corrected chi connectivity index (χ3v) is 6.90. The minimum Gasteiger partial charge on any atom is -0.429 e. The van der Waals surface area contributed by atoms with Gasteiger partial charge in [0.2, 0.25) is 0 Å². The van der Waals surface area contributed by atoms with Gasteiger partial charge in [0.25, 0.3) is 0 Å². The van der Waals surface area contributed by atoms with Gasteiger partial charge in [0.05, 0.1) is 0 Å². The highest BCUT2D eigenvalue weighted by atomic mass is 19.3. The predicted octanol–water partition coefficient (Wildman–Crippen LogP) is 8.00. The van der Waals surface area contributed by atoms with Crippen LogP contribution in [0.2, 0.25) is 0 Å². The molecule has 2 fully saturated rings. The lowest BCUT2D eigenvalue weighted by molar-refractivity contribution is -0.0546. The van der Waals surface area contributed by atoms with Crippen molar-refractivity contribution in [3.8, 4) is 5.75 Å². The lowest BCUT2D eigenvalue weighted by Gasteiger charge is -2.38. The highest BCUT2D eigenvalue weighted by Crippen LogP contribution is 2.45. The van der Waals surface area contributed by atoms with Gasteiger partial charge in [-0.15, -0.1) is 0 Å². The van der Waals surface area contributed by atoms with Crippen molar-refractivity contribution in [2.24, 2.45) is 17.8 Å². The van der Waals surface area contributed by atoms with Crippen LogP contribution in [0.1, 0.15) is 82.6 Å². The molecule has 2 aliphatic rings. The summed E-state index contributed by atoms with van der Waals surface area (Å²) in [7, 11) is 0. The van der Waals surface area contributed by atoms with Crippen LogP contribution in [0, 0.1) is 29.4 Å². The summed E-state index contributed by atoms with van der Waals surface area (Å²) in [6.45, 7) is -1.07. The Bertz CT molecular complexity index is 648. The van der Waals surface area contributed by atoms with Gasteiger partial charge < -0.3 is 4.74 Å². The zero-order valence-electron chi connectivity index (χ0n) is 17.2. The lowest BCUT2D eigenvalue weighted by Crippen LogP contribution is -2.25. The fourth-order valence-electron chi connectivity index (χ4n) is 5.29. The summed E-state index contributed by atoms with van der Waals surface area (Å²) in [6, 6.07) is 2.33. The molecule has 0 atom stereocenters. The monoisotopic (exact) mass is 412 g/mol. The summed E-state index contributed by atoms with van der Waals surface area (Å²) < 4.78 is 56.6. The van der Waals surface area contributed by atoms with E-state index < -0.39 is 24.0 Å². The van der Waals surface area contributed by atoms with Crippen LogP contribution >= 0.6 is 0 Å². The topological polar surface area (TPSA) is 9.23 Å². The molecule has 0 unspecified atom stereocenters. The second-order valence-corrected chi connectivity index (χ2v) is 8.70. The molecule has 0 aromatic heterocycles. The van der Waals surface area contributed by atoms with Crippen molar-refractivity contribution >= 4 is 0 Å². The van der Waals surface area contributed by atoms with Gasteiger partial charge in [-0.1, -0.05) is 19.1 Å². The van der Waals surface area contributed by atoms with Crippen LogP contribution in [-0.4, -0.2) is 6.61 Å². The Kier molecular flexibility index (Phi) is 8.02. The first-order chi connectivity index (χ1) is 14.0. The number of ether oxygens (including phenoxy) is 1. The molecule has 2 aliphatic carbocycles. The largest absolute Gasteiger partial charge is 0.429 e. The van der Waals surface area contributed by atoms with E-state index in [0.717, 1.165) is 43.9 Å². The van der Waals surface area contributed by atoms with Crippen molar-refractivity contribution in [2.75, 3.05) is 0 Å². The van der Waals surface area contributed by atoms with Crippen LogP contribution < -0.4 is 4.74 Å². The van der Waals surface area contributed by atoms with Gasteiger partial charge in [-0.2, -0.15) is 8.78 Å². The normalized spacial score (nSPS) is 28.2. The molecular weight excluding hydrogens is 380 g/mol. The van der Waals surface area contributed by atoms with E-state index in [1.54, 1.807) is 0 Å². The van der Waals surface area contributed by atoms with E-state index in [4.69, 9.17) is 0 Å². The Balaban J connectivity index is 1.50. The zero-order chi connectivity index (χ0) is 20.8. The van der Waals surface area contributed by atoms with Crippen LogP contribution in [0.3, 0.4) is 0 Å². The van der Waals surface area contributed by atoms with E-state index in [1.165, 1.54) is 44.2 Å². The molecule has 0 spiro atoms. The molecule has 1 nitrogen and oxygen atoms in total. The van der Waals surface area contributed by atoms with Crippen LogP contribution in [0.25, 0.3) is 0 Å². The maximum atomic E-state index is 14.0. The summed E-state index contributed by atoms with van der Waals surface area (Å²) in [5.41, 5.74) is 0.562. The molecule has 0 aliphatic heterocycles. The average Bonchev–Trinajstić information content (AvgIpc) is 2.71. The number of hydrogen-bond donors (Lipinski definition) is 0. The van der Waals surface area contributed by atoms with Crippen LogP contribution in [0.15, 0.2) is 24.3 Å². The quantitative estimate of drug-likeness (QED) is 0.326. The first-order valence-corrected chi connectivity index (χ1v) is 11.1. The van der Waals surface area contributed by atoms with Crippen molar-refractivity contribution < 1.29 is 22.3 Å². The molecule has 0 radical (unpaired) electrons. The minimum atomic E-state index is -3.24. The molecule has 3 rings (SSSR count). The van der Waals surface area contributed by atoms with E-state index >= 15 is 0 Å². The highest BCUT2D eigenvalue weighted by Gasteiger charge is 2.31. The summed E-state index contributed by atoms with van der Waals surface area (Å²) in [4.78, 5) is 0. The Labute approximate surface area is 171 Å². The van der Waals surface area contributed by atoms with Gasteiger partial charge in [0.15, 0.2) is 17.4 Å². The number of alkyl halides is 2. The molecule has 29 heavy (non-hydrogen) atoms. The second kappa shape index (κ2) is 10.5. The van der Waals surface area contributed by atoms with E-state index in [2.05, 4.69) is 23.8 Å². The van der Waals surface area contributed by atoms with Crippen molar-refractivity contribution in [3.05, 3.63) is 41.5 Å². The Morgan fingerprint density at radius 1 is 0.897 bits per heavy atom. The predicted molar refractivity (Wildman–Crippen MR) is 107 cm³/mol. The fourth-order valence-corrected chi connectivity index (χ4v) is 5.29. The maximum Gasteiger partial charge on any atom is 0.387 e. The Morgan fingerprint density at radius 2 is 1.45 bits per heavy atom. The van der Waals surface area contributed by atoms with Crippen molar-refractivity contribution in [1.29, 1.82) is 0 Å². The van der Waals surface area contributed by atoms with Gasteiger partial charge in [-0.05, 0) is 106 Å². The Hall–Kier alpha value is -1.52. The van der Waals surface area contributed by atoms with Gasteiger partial charge in [-0.25, -0.2) is 8.78 Å². The average molecular weight is 413 g/mol. The highest BCUT2D eigenvalue weighted by molar-refractivity contribution is 5.33. The van der Waals surface area contributed by atoms with Gasteiger partial charge in [0.1, 0.15) is 0 Å². The fraction of sp³-hybridized carbons (Fsp3) is 0.667. The number of benzene rings is 1. The van der Waals surface area contributed by atoms with E-state index in [0.29, 0.717) is 11.5 Å². The summed E-state index contributed by atoms with van der Waals surface area (Å²) in [5, 5.41) is 0. The molecule has 1 aromatic rings. The summed E-state index contributed by atoms with van der Waals surface area (Å²) >= 11 is 0. The number of halogens is 4. The lowest BCUT2D eigenvalue weighted by atomic mass is 9.68. The third-order valence-electron chi connectivity index (χ3n) is 6.90. The van der Waals surface area contributed by atoms with Crippen molar-refractivity contribution in [3.63, 3.8) is 0 Å². The van der Waals surface area contributed by atoms with E-state index in [9.17, 15) is 17.6 Å². The standard InChI is InChI=1S/C24H32F4O/c1-2-3-4-5-16-6-8-17(9-7-16)18-10-12-19(13-11-18)20-14-21(25)23(22(26)15-20)29-24(27)28/h3-4,14-19,24H,2,5-13H2,1H3/b4-3+. The molecule has 0 bridgehead atoms. The van der Waals surface area contributed by atoms with Gasteiger partial charge >= 0.3 is 6.61 Å². The number of allylic oxidation sites excluding steroid dienone is 2. The molecule has 0 N–H and O–H groups in total. The summed E-state index contributed by atoms with van der Waals surface area (Å²) in [6.07, 6.45) is 16.0. The van der Waals surface area contributed by atoms with Crippen LogP contribution in [-0.2, 0) is 0 Å². The van der Waals surface area contributed by atoms with Gasteiger partial charge in [0, 0.05) is 0 Å². The molecule has 5 heteroatoms. The molecule has 2 saturated carbocycles. The van der Waals surface area contributed by atoms with Crippen LogP contribution in [0.5, 0.6) is 5.75 Å². The number of hydrogen-bond acceptors (Lipinski definition) is 1. The minimum absolute atomic E-state index is 0.0892. The van der Waals surface area contributed by atoms with Crippen LogP contribution in [0.4, 0.5) is 17.6 Å². The maximum absolute atomic E-state index is 14.0.